The van der Waals surface area contributed by atoms with E-state index in [1.165, 1.54) is 70.6 Å². The van der Waals surface area contributed by atoms with Crippen LogP contribution < -0.4 is 0 Å². The first kappa shape index (κ1) is 20.8. The molecule has 0 N–H and O–H groups in total. The maximum atomic E-state index is 6.30. The van der Waals surface area contributed by atoms with Crippen molar-refractivity contribution < 1.29 is 4.74 Å². The molecule has 1 spiro atoms. The van der Waals surface area contributed by atoms with Crippen LogP contribution in [0, 0.1) is 57.7 Å². The van der Waals surface area contributed by atoms with Gasteiger partial charge in [0.1, 0.15) is 0 Å². The van der Waals surface area contributed by atoms with Crippen LogP contribution >= 0.6 is 0 Å². The van der Waals surface area contributed by atoms with Gasteiger partial charge in [0.05, 0.1) is 6.10 Å². The molecule has 10 atom stereocenters. The Morgan fingerprint density at radius 2 is 1.72 bits per heavy atom. The summed E-state index contributed by atoms with van der Waals surface area (Å²) in [6.07, 6.45) is 16.8. The maximum Gasteiger partial charge on any atom is 0.0638 e. The summed E-state index contributed by atoms with van der Waals surface area (Å²) in [5, 5.41) is 0. The van der Waals surface area contributed by atoms with Crippen molar-refractivity contribution in [2.75, 3.05) is 7.11 Å². The fraction of sp³-hybridized carbons (Fsp3) is 1.00. The van der Waals surface area contributed by atoms with Crippen LogP contribution in [-0.2, 0) is 4.74 Å². The molecule has 1 heteroatoms. The molecule has 5 aliphatic carbocycles. The summed E-state index contributed by atoms with van der Waals surface area (Å²) in [5.74, 6) is 6.68. The van der Waals surface area contributed by atoms with Crippen LogP contribution in [0.2, 0.25) is 0 Å². The van der Waals surface area contributed by atoms with E-state index in [-0.39, 0.29) is 0 Å². The summed E-state index contributed by atoms with van der Waals surface area (Å²) in [6.45, 7) is 12.8. The van der Waals surface area contributed by atoms with Crippen molar-refractivity contribution >= 4 is 0 Å². The van der Waals surface area contributed by atoms with E-state index in [0.717, 1.165) is 41.4 Å². The molecular weight excluding hydrogens is 352 g/mol. The summed E-state index contributed by atoms with van der Waals surface area (Å²) < 4.78 is 6.30. The molecule has 0 heterocycles. The molecule has 5 rings (SSSR count). The number of fused-ring (bicyclic) bond motifs is 4. The van der Waals surface area contributed by atoms with Crippen molar-refractivity contribution in [2.45, 2.75) is 111 Å². The lowest BCUT2D eigenvalue weighted by Crippen LogP contribution is -2.57. The van der Waals surface area contributed by atoms with E-state index >= 15 is 0 Å². The predicted molar refractivity (Wildman–Crippen MR) is 122 cm³/mol. The minimum atomic E-state index is 0.561. The minimum absolute atomic E-state index is 0.561. The normalized spacial score (nSPS) is 53.9. The Labute approximate surface area is 181 Å². The standard InChI is InChI=1S/C28H48O/c1-18(2)8-7-9-19(3)22-10-11-23-21-16-25(29-6)28-17-20(28)12-15-27(28,5)24(21)13-14-26(22,23)4/h18-25H,7-17H2,1-6H3/t19-,20?,21+,22-,23+,24+,25?,26-,27-,28?/m1/s1. The monoisotopic (exact) mass is 400 g/mol. The quantitative estimate of drug-likeness (QED) is 0.443. The first-order valence-electron chi connectivity index (χ1n) is 13.3. The van der Waals surface area contributed by atoms with E-state index in [1.54, 1.807) is 0 Å². The van der Waals surface area contributed by atoms with Gasteiger partial charge in [-0.2, -0.15) is 0 Å². The van der Waals surface area contributed by atoms with E-state index < -0.39 is 0 Å². The van der Waals surface area contributed by atoms with Crippen molar-refractivity contribution in [3.63, 3.8) is 0 Å². The molecule has 5 saturated carbocycles. The Kier molecular flexibility index (Phi) is 5.02. The van der Waals surface area contributed by atoms with Crippen molar-refractivity contribution in [1.29, 1.82) is 0 Å². The fourth-order valence-corrected chi connectivity index (χ4v) is 10.6. The zero-order valence-electron chi connectivity index (χ0n) is 20.3. The zero-order chi connectivity index (χ0) is 20.6. The number of methoxy groups -OCH3 is 1. The summed E-state index contributed by atoms with van der Waals surface area (Å²) in [5.41, 5.74) is 1.78. The summed E-state index contributed by atoms with van der Waals surface area (Å²) in [4.78, 5) is 0. The number of hydrogen-bond acceptors (Lipinski definition) is 1. The van der Waals surface area contributed by atoms with Gasteiger partial charge in [-0.1, -0.05) is 53.9 Å². The lowest BCUT2D eigenvalue weighted by Gasteiger charge is -2.61. The molecule has 3 unspecified atom stereocenters. The van der Waals surface area contributed by atoms with Gasteiger partial charge in [0.2, 0.25) is 0 Å². The van der Waals surface area contributed by atoms with Crippen LogP contribution in [0.25, 0.3) is 0 Å². The fourth-order valence-electron chi connectivity index (χ4n) is 10.6. The summed E-state index contributed by atoms with van der Waals surface area (Å²) in [6, 6.07) is 0. The zero-order valence-corrected chi connectivity index (χ0v) is 20.3. The van der Waals surface area contributed by atoms with Gasteiger partial charge in [0.25, 0.3) is 0 Å². The Balaban J connectivity index is 1.35. The number of rotatable bonds is 6. The highest BCUT2D eigenvalue weighted by molar-refractivity contribution is 5.26. The van der Waals surface area contributed by atoms with Crippen LogP contribution in [0.15, 0.2) is 0 Å². The lowest BCUT2D eigenvalue weighted by molar-refractivity contribution is -0.161. The first-order valence-corrected chi connectivity index (χ1v) is 13.3. The van der Waals surface area contributed by atoms with Gasteiger partial charge in [0, 0.05) is 12.5 Å². The molecule has 0 bridgehead atoms. The van der Waals surface area contributed by atoms with Gasteiger partial charge in [-0.25, -0.2) is 0 Å². The third kappa shape index (κ3) is 2.74. The van der Waals surface area contributed by atoms with Crippen molar-refractivity contribution in [2.24, 2.45) is 57.7 Å². The van der Waals surface area contributed by atoms with E-state index in [4.69, 9.17) is 4.74 Å². The van der Waals surface area contributed by atoms with E-state index in [0.29, 0.717) is 22.3 Å². The lowest BCUT2D eigenvalue weighted by atomic mass is 9.45. The Bertz CT molecular complexity index is 626. The Morgan fingerprint density at radius 1 is 0.931 bits per heavy atom. The van der Waals surface area contributed by atoms with Crippen LogP contribution in [-0.4, -0.2) is 13.2 Å². The second kappa shape index (κ2) is 6.98. The minimum Gasteiger partial charge on any atom is -0.381 e. The molecule has 5 aliphatic rings. The molecule has 0 saturated heterocycles. The summed E-state index contributed by atoms with van der Waals surface area (Å²) >= 11 is 0. The second-order valence-electron chi connectivity index (χ2n) is 13.3. The highest BCUT2D eigenvalue weighted by Gasteiger charge is 2.77. The van der Waals surface area contributed by atoms with Crippen molar-refractivity contribution in [3.05, 3.63) is 0 Å². The molecule has 0 aromatic heterocycles. The Hall–Kier alpha value is -0.0400. The van der Waals surface area contributed by atoms with Crippen LogP contribution in [0.1, 0.15) is 105 Å². The summed E-state index contributed by atoms with van der Waals surface area (Å²) in [7, 11) is 2.03. The third-order valence-corrected chi connectivity index (χ3v) is 12.0. The van der Waals surface area contributed by atoms with Crippen molar-refractivity contribution in [3.8, 4) is 0 Å². The van der Waals surface area contributed by atoms with Crippen LogP contribution in [0.5, 0.6) is 0 Å². The maximum absolute atomic E-state index is 6.30. The molecule has 166 valence electrons. The molecule has 0 aromatic carbocycles. The SMILES string of the molecule is COC1C[C@H]2[C@@H]3CC[C@H]([C@H](C)CCCC(C)C)[C@@]3(C)CC[C@@H]2[C@@]2(C)CCC3CC312. The first-order chi connectivity index (χ1) is 13.8. The smallest absolute Gasteiger partial charge is 0.0638 e. The molecule has 29 heavy (non-hydrogen) atoms. The Morgan fingerprint density at radius 3 is 2.41 bits per heavy atom. The van der Waals surface area contributed by atoms with Gasteiger partial charge in [-0.15, -0.1) is 0 Å². The van der Waals surface area contributed by atoms with Gasteiger partial charge in [-0.05, 0) is 104 Å². The van der Waals surface area contributed by atoms with E-state index in [9.17, 15) is 0 Å². The highest BCUT2D eigenvalue weighted by atomic mass is 16.5. The van der Waals surface area contributed by atoms with Gasteiger partial charge in [0.15, 0.2) is 0 Å². The molecule has 0 aliphatic heterocycles. The third-order valence-electron chi connectivity index (χ3n) is 12.0. The number of ether oxygens (including phenoxy) is 1. The predicted octanol–water partition coefficient (Wildman–Crippen LogP) is 7.73. The van der Waals surface area contributed by atoms with Crippen LogP contribution in [0.3, 0.4) is 0 Å². The van der Waals surface area contributed by atoms with E-state index in [1.807, 2.05) is 7.11 Å². The van der Waals surface area contributed by atoms with Gasteiger partial charge in [-0.3, -0.25) is 0 Å². The molecular formula is C28H48O. The molecule has 0 aromatic rings. The van der Waals surface area contributed by atoms with Crippen molar-refractivity contribution in [1.82, 2.24) is 0 Å². The molecule has 0 amide bonds. The average molecular weight is 401 g/mol. The highest BCUT2D eigenvalue weighted by Crippen LogP contribution is 2.82. The topological polar surface area (TPSA) is 9.23 Å². The van der Waals surface area contributed by atoms with E-state index in [2.05, 4.69) is 34.6 Å². The second-order valence-corrected chi connectivity index (χ2v) is 13.3. The van der Waals surface area contributed by atoms with Gasteiger partial charge >= 0.3 is 0 Å². The molecule has 5 fully saturated rings. The average Bonchev–Trinajstić information content (AvgIpc) is 3.18. The van der Waals surface area contributed by atoms with Gasteiger partial charge < -0.3 is 4.74 Å². The largest absolute Gasteiger partial charge is 0.381 e. The number of hydrogen-bond donors (Lipinski definition) is 0. The molecule has 1 nitrogen and oxygen atoms in total. The molecule has 0 radical (unpaired) electrons. The van der Waals surface area contributed by atoms with Crippen LogP contribution in [0.4, 0.5) is 0 Å².